The van der Waals surface area contributed by atoms with Gasteiger partial charge in [0.25, 0.3) is 10.0 Å². The normalized spacial score (nSPS) is 12.4. The smallest absolute Gasteiger partial charge is 0.328 e. The van der Waals surface area contributed by atoms with E-state index in [9.17, 15) is 13.2 Å². The Labute approximate surface area is 136 Å². The Balaban J connectivity index is 1.96. The van der Waals surface area contributed by atoms with Gasteiger partial charge in [0.05, 0.1) is 4.90 Å². The zero-order valence-electron chi connectivity index (χ0n) is 13.1. The number of rotatable bonds is 5. The van der Waals surface area contributed by atoms with Crippen molar-refractivity contribution in [2.24, 2.45) is 0 Å². The van der Waals surface area contributed by atoms with Gasteiger partial charge in [-0.15, -0.1) is 0 Å². The summed E-state index contributed by atoms with van der Waals surface area (Å²) in [5.41, 5.74) is 1.88. The van der Waals surface area contributed by atoms with E-state index in [4.69, 9.17) is 0 Å². The Morgan fingerprint density at radius 3 is 2.43 bits per heavy atom. The Morgan fingerprint density at radius 2 is 1.78 bits per heavy atom. The van der Waals surface area contributed by atoms with Crippen LogP contribution in [0, 0.1) is 6.92 Å². The van der Waals surface area contributed by atoms with E-state index in [2.05, 4.69) is 5.32 Å². The first-order valence-electron chi connectivity index (χ1n) is 7.31. The van der Waals surface area contributed by atoms with Crippen LogP contribution in [0.2, 0.25) is 0 Å². The molecule has 122 valence electrons. The SMILES string of the molecule is Cc1cccc(S(=O)(=O)NC(=O)NC(C)Cc2ccccc2)c1. The zero-order valence-corrected chi connectivity index (χ0v) is 13.9. The van der Waals surface area contributed by atoms with E-state index in [0.29, 0.717) is 6.42 Å². The second kappa shape index (κ2) is 7.28. The van der Waals surface area contributed by atoms with Gasteiger partial charge in [0.1, 0.15) is 0 Å². The number of carbonyl (C=O) groups excluding carboxylic acids is 1. The van der Waals surface area contributed by atoms with E-state index >= 15 is 0 Å². The standard InChI is InChI=1S/C17H20N2O3S/c1-13-7-6-10-16(11-13)23(21,22)19-17(20)18-14(2)12-15-8-4-3-5-9-15/h3-11,14H,12H2,1-2H3,(H2,18,19,20). The summed E-state index contributed by atoms with van der Waals surface area (Å²) in [4.78, 5) is 12.0. The maximum Gasteiger partial charge on any atom is 0.328 e. The van der Waals surface area contributed by atoms with Gasteiger partial charge in [-0.05, 0) is 43.5 Å². The van der Waals surface area contributed by atoms with Crippen LogP contribution in [0.15, 0.2) is 59.5 Å². The largest absolute Gasteiger partial charge is 0.335 e. The summed E-state index contributed by atoms with van der Waals surface area (Å²) in [6.45, 7) is 3.62. The Bertz CT molecular complexity index is 773. The molecule has 2 aromatic rings. The summed E-state index contributed by atoms with van der Waals surface area (Å²) in [6.07, 6.45) is 0.624. The molecule has 0 radical (unpaired) electrons. The number of hydrogen-bond acceptors (Lipinski definition) is 3. The average molecular weight is 332 g/mol. The summed E-state index contributed by atoms with van der Waals surface area (Å²) in [7, 11) is -3.86. The van der Waals surface area contributed by atoms with Crippen molar-refractivity contribution in [1.82, 2.24) is 10.0 Å². The molecule has 23 heavy (non-hydrogen) atoms. The van der Waals surface area contributed by atoms with Crippen LogP contribution in [0.5, 0.6) is 0 Å². The third kappa shape index (κ3) is 5.10. The molecule has 0 spiro atoms. The van der Waals surface area contributed by atoms with E-state index in [1.807, 2.05) is 42.0 Å². The van der Waals surface area contributed by atoms with Crippen LogP contribution in [0.1, 0.15) is 18.1 Å². The van der Waals surface area contributed by atoms with Gasteiger partial charge in [-0.1, -0.05) is 42.5 Å². The molecule has 2 aromatic carbocycles. The molecule has 0 heterocycles. The Morgan fingerprint density at radius 1 is 1.09 bits per heavy atom. The highest BCUT2D eigenvalue weighted by Crippen LogP contribution is 2.10. The third-order valence-corrected chi connectivity index (χ3v) is 4.62. The van der Waals surface area contributed by atoms with Crippen LogP contribution >= 0.6 is 0 Å². The maximum atomic E-state index is 12.2. The van der Waals surface area contributed by atoms with Crippen molar-refractivity contribution in [2.45, 2.75) is 31.2 Å². The van der Waals surface area contributed by atoms with E-state index in [1.165, 1.54) is 12.1 Å². The van der Waals surface area contributed by atoms with Crippen LogP contribution in [0.3, 0.4) is 0 Å². The van der Waals surface area contributed by atoms with Crippen molar-refractivity contribution < 1.29 is 13.2 Å². The minimum Gasteiger partial charge on any atom is -0.335 e. The minimum absolute atomic E-state index is 0.0726. The second-order valence-electron chi connectivity index (χ2n) is 5.49. The van der Waals surface area contributed by atoms with Crippen molar-refractivity contribution in [3.8, 4) is 0 Å². The number of carbonyl (C=O) groups is 1. The molecule has 2 rings (SSSR count). The molecule has 0 aliphatic carbocycles. The number of benzene rings is 2. The first-order valence-corrected chi connectivity index (χ1v) is 8.79. The first kappa shape index (κ1) is 17.0. The minimum atomic E-state index is -3.86. The molecule has 1 unspecified atom stereocenters. The van der Waals surface area contributed by atoms with E-state index < -0.39 is 16.1 Å². The topological polar surface area (TPSA) is 75.3 Å². The molecule has 0 saturated carbocycles. The first-order chi connectivity index (χ1) is 10.9. The number of urea groups is 1. The van der Waals surface area contributed by atoms with E-state index in [-0.39, 0.29) is 10.9 Å². The van der Waals surface area contributed by atoms with Crippen molar-refractivity contribution in [3.63, 3.8) is 0 Å². The highest BCUT2D eigenvalue weighted by Gasteiger charge is 2.18. The fourth-order valence-corrected chi connectivity index (χ4v) is 3.26. The second-order valence-corrected chi connectivity index (χ2v) is 7.17. The molecule has 0 fully saturated rings. The molecule has 0 aromatic heterocycles. The molecule has 2 N–H and O–H groups in total. The Kier molecular flexibility index (Phi) is 5.39. The molecule has 6 heteroatoms. The molecule has 2 amide bonds. The monoisotopic (exact) mass is 332 g/mol. The van der Waals surface area contributed by atoms with Gasteiger partial charge >= 0.3 is 6.03 Å². The van der Waals surface area contributed by atoms with Gasteiger partial charge < -0.3 is 5.32 Å². The zero-order chi connectivity index (χ0) is 16.9. The summed E-state index contributed by atoms with van der Waals surface area (Å²) < 4.78 is 26.4. The molecule has 0 bridgehead atoms. The highest BCUT2D eigenvalue weighted by atomic mass is 32.2. The summed E-state index contributed by atoms with van der Waals surface area (Å²) in [5, 5.41) is 2.64. The summed E-state index contributed by atoms with van der Waals surface area (Å²) in [6, 6.07) is 15.2. The lowest BCUT2D eigenvalue weighted by Crippen LogP contribution is -2.44. The fourth-order valence-electron chi connectivity index (χ4n) is 2.24. The summed E-state index contributed by atoms with van der Waals surface area (Å²) >= 11 is 0. The van der Waals surface area contributed by atoms with Crippen LogP contribution in [-0.2, 0) is 16.4 Å². The molecule has 5 nitrogen and oxygen atoms in total. The number of sulfonamides is 1. The molecule has 0 aliphatic rings. The molecule has 0 saturated heterocycles. The highest BCUT2D eigenvalue weighted by molar-refractivity contribution is 7.90. The fraction of sp³-hybridized carbons (Fsp3) is 0.235. The van der Waals surface area contributed by atoms with Crippen molar-refractivity contribution >= 4 is 16.1 Å². The lowest BCUT2D eigenvalue weighted by Gasteiger charge is -2.15. The predicted molar refractivity (Wildman–Crippen MR) is 89.6 cm³/mol. The van der Waals surface area contributed by atoms with Crippen LogP contribution < -0.4 is 10.0 Å². The van der Waals surface area contributed by atoms with Crippen molar-refractivity contribution in [2.75, 3.05) is 0 Å². The lowest BCUT2D eigenvalue weighted by molar-refractivity contribution is 0.243. The van der Waals surface area contributed by atoms with Gasteiger partial charge in [0.15, 0.2) is 0 Å². The van der Waals surface area contributed by atoms with Gasteiger partial charge in [-0.2, -0.15) is 0 Å². The van der Waals surface area contributed by atoms with Crippen molar-refractivity contribution in [3.05, 3.63) is 65.7 Å². The third-order valence-electron chi connectivity index (χ3n) is 3.29. The van der Waals surface area contributed by atoms with Crippen LogP contribution in [-0.4, -0.2) is 20.5 Å². The lowest BCUT2D eigenvalue weighted by atomic mass is 10.1. The molecular formula is C17H20N2O3S. The molecule has 0 aliphatic heterocycles. The van der Waals surface area contributed by atoms with E-state index in [1.54, 1.807) is 19.1 Å². The summed E-state index contributed by atoms with van der Waals surface area (Å²) in [5.74, 6) is 0. The quantitative estimate of drug-likeness (QED) is 0.884. The van der Waals surface area contributed by atoms with Gasteiger partial charge in [-0.25, -0.2) is 17.9 Å². The van der Waals surface area contributed by atoms with Gasteiger partial charge in [-0.3, -0.25) is 0 Å². The maximum absolute atomic E-state index is 12.2. The Hall–Kier alpha value is -2.34. The number of amides is 2. The number of hydrogen-bond donors (Lipinski definition) is 2. The van der Waals surface area contributed by atoms with Crippen LogP contribution in [0.25, 0.3) is 0 Å². The van der Waals surface area contributed by atoms with Gasteiger partial charge in [0.2, 0.25) is 0 Å². The predicted octanol–water partition coefficient (Wildman–Crippen LogP) is 2.61. The van der Waals surface area contributed by atoms with Crippen LogP contribution in [0.4, 0.5) is 4.79 Å². The van der Waals surface area contributed by atoms with Crippen molar-refractivity contribution in [1.29, 1.82) is 0 Å². The van der Waals surface area contributed by atoms with Gasteiger partial charge in [0, 0.05) is 6.04 Å². The average Bonchev–Trinajstić information content (AvgIpc) is 2.47. The number of aryl methyl sites for hydroxylation is 1. The molecule has 1 atom stereocenters. The van der Waals surface area contributed by atoms with E-state index in [0.717, 1.165) is 11.1 Å². The molecular weight excluding hydrogens is 312 g/mol. The number of nitrogens with one attached hydrogen (secondary N) is 2.